The van der Waals surface area contributed by atoms with Crippen molar-refractivity contribution in [1.82, 2.24) is 9.84 Å². The Kier molecular flexibility index (Phi) is 5.17. The molecule has 1 heterocycles. The van der Waals surface area contributed by atoms with Crippen molar-refractivity contribution in [1.29, 1.82) is 0 Å². The zero-order valence-corrected chi connectivity index (χ0v) is 13.2. The van der Waals surface area contributed by atoms with Crippen molar-refractivity contribution in [3.05, 3.63) is 41.7 Å². The van der Waals surface area contributed by atoms with Gasteiger partial charge in [-0.25, -0.2) is 18.2 Å². The summed E-state index contributed by atoms with van der Waals surface area (Å²) < 4.78 is 34.4. The molecule has 1 N–H and O–H groups in total. The van der Waals surface area contributed by atoms with Crippen molar-refractivity contribution < 1.29 is 22.7 Å². The van der Waals surface area contributed by atoms with Crippen molar-refractivity contribution in [3.8, 4) is 0 Å². The van der Waals surface area contributed by atoms with Gasteiger partial charge in [0, 0.05) is 6.54 Å². The number of hydrogen-bond donors (Lipinski definition) is 1. The highest BCUT2D eigenvalue weighted by Gasteiger charge is 2.22. The van der Waals surface area contributed by atoms with Crippen LogP contribution < -0.4 is 4.83 Å². The number of hydrazine groups is 1. The number of aryl methyl sites for hydroxylation is 1. The van der Waals surface area contributed by atoms with Gasteiger partial charge in [0.25, 0.3) is 10.0 Å². The Balaban J connectivity index is 2.07. The van der Waals surface area contributed by atoms with Crippen molar-refractivity contribution >= 4 is 16.0 Å². The van der Waals surface area contributed by atoms with Gasteiger partial charge in [0.2, 0.25) is 0 Å². The number of morpholine rings is 1. The van der Waals surface area contributed by atoms with Crippen LogP contribution in [0.15, 0.2) is 41.0 Å². The molecule has 1 fully saturated rings. The lowest BCUT2D eigenvalue weighted by atomic mass is 10.2. The SMILES string of the molecule is COC(=O)/C=C1/CN(NS(=O)(=O)c2ccc(C)cc2)CCO1. The molecule has 8 heteroatoms. The zero-order chi connectivity index (χ0) is 16.2. The van der Waals surface area contributed by atoms with Crippen LogP contribution in [0.2, 0.25) is 0 Å². The molecule has 0 bridgehead atoms. The maximum absolute atomic E-state index is 12.3. The van der Waals surface area contributed by atoms with E-state index in [2.05, 4.69) is 9.57 Å². The van der Waals surface area contributed by atoms with E-state index in [1.54, 1.807) is 24.3 Å². The number of benzene rings is 1. The lowest BCUT2D eigenvalue weighted by molar-refractivity contribution is -0.135. The predicted molar refractivity (Wildman–Crippen MR) is 79.1 cm³/mol. The highest BCUT2D eigenvalue weighted by Crippen LogP contribution is 2.13. The third-order valence-corrected chi connectivity index (χ3v) is 4.45. The number of ether oxygens (including phenoxy) is 2. The fourth-order valence-electron chi connectivity index (χ4n) is 1.90. The van der Waals surface area contributed by atoms with Crippen LogP contribution >= 0.6 is 0 Å². The van der Waals surface area contributed by atoms with Crippen LogP contribution in [0.5, 0.6) is 0 Å². The lowest BCUT2D eigenvalue weighted by Crippen LogP contribution is -2.47. The van der Waals surface area contributed by atoms with Gasteiger partial charge in [-0.3, -0.25) is 0 Å². The first-order valence-electron chi connectivity index (χ1n) is 6.66. The van der Waals surface area contributed by atoms with E-state index in [0.29, 0.717) is 12.3 Å². The van der Waals surface area contributed by atoms with E-state index in [4.69, 9.17) is 4.74 Å². The third-order valence-electron chi connectivity index (χ3n) is 3.06. The number of nitrogens with one attached hydrogen (secondary N) is 1. The van der Waals surface area contributed by atoms with E-state index in [-0.39, 0.29) is 18.0 Å². The number of esters is 1. The Hall–Kier alpha value is -1.90. The summed E-state index contributed by atoms with van der Waals surface area (Å²) in [7, 11) is -2.39. The average molecular weight is 326 g/mol. The van der Waals surface area contributed by atoms with E-state index < -0.39 is 16.0 Å². The summed E-state index contributed by atoms with van der Waals surface area (Å²) in [6.45, 7) is 2.69. The smallest absolute Gasteiger partial charge is 0.333 e. The quantitative estimate of drug-likeness (QED) is 0.643. The van der Waals surface area contributed by atoms with Crippen LogP contribution in [0.1, 0.15) is 5.56 Å². The van der Waals surface area contributed by atoms with E-state index in [0.717, 1.165) is 5.56 Å². The molecule has 1 aromatic carbocycles. The molecule has 1 aliphatic rings. The fraction of sp³-hybridized carbons (Fsp3) is 0.357. The Morgan fingerprint density at radius 3 is 2.68 bits per heavy atom. The van der Waals surface area contributed by atoms with Gasteiger partial charge < -0.3 is 9.47 Å². The second-order valence-corrected chi connectivity index (χ2v) is 6.47. The Morgan fingerprint density at radius 1 is 1.36 bits per heavy atom. The monoisotopic (exact) mass is 326 g/mol. The first-order chi connectivity index (χ1) is 10.4. The topological polar surface area (TPSA) is 84.9 Å². The minimum Gasteiger partial charge on any atom is -0.495 e. The molecule has 1 aromatic rings. The Morgan fingerprint density at radius 2 is 2.05 bits per heavy atom. The first-order valence-corrected chi connectivity index (χ1v) is 8.14. The van der Waals surface area contributed by atoms with Crippen LogP contribution in [0, 0.1) is 6.92 Å². The van der Waals surface area contributed by atoms with Gasteiger partial charge in [-0.1, -0.05) is 17.7 Å². The van der Waals surface area contributed by atoms with E-state index in [1.807, 2.05) is 6.92 Å². The molecule has 0 amide bonds. The van der Waals surface area contributed by atoms with Crippen LogP contribution in [-0.4, -0.2) is 46.2 Å². The third kappa shape index (κ3) is 4.30. The molecule has 2 rings (SSSR count). The number of rotatable bonds is 4. The molecular weight excluding hydrogens is 308 g/mol. The summed E-state index contributed by atoms with van der Waals surface area (Å²) in [6, 6.07) is 6.56. The van der Waals surface area contributed by atoms with Crippen molar-refractivity contribution in [3.63, 3.8) is 0 Å². The van der Waals surface area contributed by atoms with Gasteiger partial charge in [-0.05, 0) is 19.1 Å². The molecular formula is C14H18N2O5S. The van der Waals surface area contributed by atoms with E-state index in [9.17, 15) is 13.2 Å². The fourth-order valence-corrected chi connectivity index (χ4v) is 2.99. The highest BCUT2D eigenvalue weighted by molar-refractivity contribution is 7.89. The molecule has 120 valence electrons. The maximum Gasteiger partial charge on any atom is 0.333 e. The van der Waals surface area contributed by atoms with Gasteiger partial charge in [0.05, 0.1) is 24.6 Å². The summed E-state index contributed by atoms with van der Waals surface area (Å²) in [6.07, 6.45) is 1.20. The predicted octanol–water partition coefficient (Wildman–Crippen LogP) is 0.577. The molecule has 0 unspecified atom stereocenters. The average Bonchev–Trinajstić information content (AvgIpc) is 2.47. The van der Waals surface area contributed by atoms with Crippen molar-refractivity contribution in [2.45, 2.75) is 11.8 Å². The van der Waals surface area contributed by atoms with Crippen molar-refractivity contribution in [2.75, 3.05) is 26.8 Å². The summed E-state index contributed by atoms with van der Waals surface area (Å²) in [5.74, 6) is -0.192. The lowest BCUT2D eigenvalue weighted by Gasteiger charge is -2.28. The number of sulfonamides is 1. The molecule has 0 aromatic heterocycles. The van der Waals surface area contributed by atoms with Crippen LogP contribution in [-0.2, 0) is 24.3 Å². The molecule has 1 saturated heterocycles. The van der Waals surface area contributed by atoms with Gasteiger partial charge in [-0.2, -0.15) is 0 Å². The standard InChI is InChI=1S/C14H18N2O5S/c1-11-3-5-13(6-4-11)22(18,19)15-16-7-8-21-12(10-16)9-14(17)20-2/h3-6,9,15H,7-8,10H2,1-2H3/b12-9-. The summed E-state index contributed by atoms with van der Waals surface area (Å²) in [5, 5.41) is 1.48. The zero-order valence-electron chi connectivity index (χ0n) is 12.4. The van der Waals surface area contributed by atoms with Crippen LogP contribution in [0.4, 0.5) is 0 Å². The minimum atomic E-state index is -3.66. The Labute approximate surface area is 129 Å². The maximum atomic E-state index is 12.3. The van der Waals surface area contributed by atoms with Gasteiger partial charge in [0.15, 0.2) is 0 Å². The highest BCUT2D eigenvalue weighted by atomic mass is 32.2. The molecule has 0 aliphatic carbocycles. The number of methoxy groups -OCH3 is 1. The molecule has 0 spiro atoms. The van der Waals surface area contributed by atoms with Crippen molar-refractivity contribution in [2.24, 2.45) is 0 Å². The molecule has 22 heavy (non-hydrogen) atoms. The summed E-state index contributed by atoms with van der Waals surface area (Å²) >= 11 is 0. The van der Waals surface area contributed by atoms with E-state index >= 15 is 0 Å². The number of carbonyl (C=O) groups is 1. The first kappa shape index (κ1) is 16.5. The molecule has 7 nitrogen and oxygen atoms in total. The van der Waals surface area contributed by atoms with Crippen LogP contribution in [0.25, 0.3) is 0 Å². The molecule has 0 atom stereocenters. The normalized spacial score (nSPS) is 18.0. The second kappa shape index (κ2) is 6.91. The number of hydrogen-bond acceptors (Lipinski definition) is 6. The van der Waals surface area contributed by atoms with Gasteiger partial charge in [-0.15, -0.1) is 4.83 Å². The largest absolute Gasteiger partial charge is 0.495 e. The number of carbonyl (C=O) groups excluding carboxylic acids is 1. The van der Waals surface area contributed by atoms with E-state index in [1.165, 1.54) is 18.2 Å². The molecule has 0 saturated carbocycles. The summed E-state index contributed by atoms with van der Waals surface area (Å²) in [5.41, 5.74) is 0.980. The van der Waals surface area contributed by atoms with Gasteiger partial charge >= 0.3 is 5.97 Å². The molecule has 1 aliphatic heterocycles. The molecule has 0 radical (unpaired) electrons. The Bertz CT molecular complexity index is 667. The minimum absolute atomic E-state index is 0.153. The van der Waals surface area contributed by atoms with Crippen LogP contribution in [0.3, 0.4) is 0 Å². The summed E-state index contributed by atoms with van der Waals surface area (Å²) in [4.78, 5) is 13.9. The second-order valence-electron chi connectivity index (χ2n) is 4.81. The number of nitrogens with zero attached hydrogens (tertiary/aromatic N) is 1. The van der Waals surface area contributed by atoms with Gasteiger partial charge in [0.1, 0.15) is 12.4 Å².